The summed E-state index contributed by atoms with van der Waals surface area (Å²) in [4.78, 5) is 31.3. The van der Waals surface area contributed by atoms with E-state index in [1.54, 1.807) is 12.1 Å². The third kappa shape index (κ3) is 7.31. The van der Waals surface area contributed by atoms with E-state index in [1.165, 1.54) is 56.9 Å². The highest BCUT2D eigenvalue weighted by atomic mass is 32.2. The van der Waals surface area contributed by atoms with Crippen molar-refractivity contribution in [2.75, 3.05) is 0 Å². The van der Waals surface area contributed by atoms with Gasteiger partial charge in [-0.3, -0.25) is 9.59 Å². The number of hydrogen-bond acceptors (Lipinski definition) is 7. The van der Waals surface area contributed by atoms with E-state index in [0.29, 0.717) is 51.2 Å². The highest BCUT2D eigenvalue weighted by molar-refractivity contribution is 8.24. The number of carbonyl (C=O) groups excluding carboxylic acids is 2. The van der Waals surface area contributed by atoms with Crippen molar-refractivity contribution in [2.45, 2.75) is 75.0 Å². The fraction of sp³-hybridized carbons (Fsp3) is 0.300. The molecule has 8 heteroatoms. The summed E-state index contributed by atoms with van der Waals surface area (Å²) in [6.45, 7) is 11.7. The van der Waals surface area contributed by atoms with E-state index < -0.39 is 0 Å². The van der Waals surface area contributed by atoms with Gasteiger partial charge in [-0.25, -0.2) is 10.1 Å². The lowest BCUT2D eigenvalue weighted by molar-refractivity contribution is -0.140. The van der Waals surface area contributed by atoms with Gasteiger partial charge in [0.05, 0.1) is 38.5 Å². The molecule has 0 saturated heterocycles. The van der Waals surface area contributed by atoms with Gasteiger partial charge in [-0.2, -0.15) is 0 Å². The van der Waals surface area contributed by atoms with Gasteiger partial charge in [-0.05, 0) is 96.9 Å². The molecule has 3 aromatic carbocycles. The van der Waals surface area contributed by atoms with Crippen LogP contribution in [-0.4, -0.2) is 11.9 Å². The van der Waals surface area contributed by atoms with Crippen LogP contribution >= 0.6 is 23.5 Å². The SMILES string of the molecule is [C-]#[N+]C(C#N)=C1Sc2c(OC(=O)C3CC=C(c4ccc(CC)cc4)CC3)ccc(OC(=O)C3CC=C(c4ccc(CC)cc4)CC3)c2S1. The van der Waals surface area contributed by atoms with E-state index in [2.05, 4.69) is 79.4 Å². The molecule has 0 bridgehead atoms. The molecule has 2 atom stereocenters. The molecule has 6 rings (SSSR count). The Morgan fingerprint density at radius 3 is 1.54 bits per heavy atom. The number of allylic oxidation sites excluding steroid dienone is 5. The van der Waals surface area contributed by atoms with Crippen molar-refractivity contribution in [3.63, 3.8) is 0 Å². The van der Waals surface area contributed by atoms with Crippen LogP contribution in [-0.2, 0) is 22.4 Å². The maximum Gasteiger partial charge on any atom is 0.314 e. The Labute approximate surface area is 290 Å². The van der Waals surface area contributed by atoms with Gasteiger partial charge in [-0.1, -0.05) is 98.1 Å². The van der Waals surface area contributed by atoms with Crippen LogP contribution in [0, 0.1) is 29.7 Å². The average molecular weight is 673 g/mol. The zero-order chi connectivity index (χ0) is 33.6. The molecular weight excluding hydrogens is 637 g/mol. The molecular formula is C40H36N2O4S2. The summed E-state index contributed by atoms with van der Waals surface area (Å²) < 4.78 is 12.4. The molecule has 3 aliphatic rings. The summed E-state index contributed by atoms with van der Waals surface area (Å²) >= 11 is 2.41. The van der Waals surface area contributed by atoms with E-state index >= 15 is 0 Å². The van der Waals surface area contributed by atoms with Crippen LogP contribution in [0.25, 0.3) is 16.0 Å². The van der Waals surface area contributed by atoms with Gasteiger partial charge in [0.15, 0.2) is 0 Å². The van der Waals surface area contributed by atoms with Crippen molar-refractivity contribution < 1.29 is 19.1 Å². The molecule has 242 valence electrons. The second-order valence-electron chi connectivity index (χ2n) is 12.1. The normalized spacial score (nSPS) is 18.5. The number of esters is 2. The van der Waals surface area contributed by atoms with Gasteiger partial charge in [0.25, 0.3) is 5.70 Å². The molecule has 0 radical (unpaired) electrons. The molecule has 3 aromatic rings. The minimum atomic E-state index is -0.318. The van der Waals surface area contributed by atoms with E-state index in [9.17, 15) is 14.9 Å². The number of rotatable bonds is 8. The van der Waals surface area contributed by atoms with Gasteiger partial charge in [0.2, 0.25) is 0 Å². The summed E-state index contributed by atoms with van der Waals surface area (Å²) in [6.07, 6.45) is 10.4. The fourth-order valence-corrected chi connectivity index (χ4v) is 8.68. The lowest BCUT2D eigenvalue weighted by Gasteiger charge is -2.22. The number of nitrogens with zero attached hydrogens (tertiary/aromatic N) is 2. The Kier molecular flexibility index (Phi) is 10.5. The van der Waals surface area contributed by atoms with Crippen LogP contribution in [0.2, 0.25) is 0 Å². The average Bonchev–Trinajstić information content (AvgIpc) is 3.59. The highest BCUT2D eigenvalue weighted by Crippen LogP contribution is 2.59. The second kappa shape index (κ2) is 15.2. The Balaban J connectivity index is 1.16. The summed E-state index contributed by atoms with van der Waals surface area (Å²) in [7, 11) is 0. The molecule has 0 saturated carbocycles. The maximum atomic E-state index is 13.4. The Hall–Kier alpha value is -4.50. The fourth-order valence-electron chi connectivity index (χ4n) is 6.21. The van der Waals surface area contributed by atoms with Crippen LogP contribution in [0.4, 0.5) is 0 Å². The van der Waals surface area contributed by atoms with Crippen molar-refractivity contribution in [1.82, 2.24) is 0 Å². The largest absolute Gasteiger partial charge is 0.425 e. The van der Waals surface area contributed by atoms with E-state index in [-0.39, 0.29) is 29.5 Å². The second-order valence-corrected chi connectivity index (χ2v) is 14.4. The van der Waals surface area contributed by atoms with E-state index in [1.807, 2.05) is 6.07 Å². The molecule has 1 aliphatic heterocycles. The van der Waals surface area contributed by atoms with E-state index in [0.717, 1.165) is 25.7 Å². The van der Waals surface area contributed by atoms with Gasteiger partial charge in [0, 0.05) is 0 Å². The van der Waals surface area contributed by atoms with Crippen molar-refractivity contribution in [3.8, 4) is 17.6 Å². The molecule has 0 amide bonds. The van der Waals surface area contributed by atoms with Crippen molar-refractivity contribution in [3.05, 3.63) is 116 Å². The summed E-state index contributed by atoms with van der Waals surface area (Å²) in [5.41, 5.74) is 7.41. The molecule has 2 unspecified atom stereocenters. The Morgan fingerprint density at radius 1 is 0.771 bits per heavy atom. The molecule has 6 nitrogen and oxygen atoms in total. The predicted octanol–water partition coefficient (Wildman–Crippen LogP) is 10.2. The molecule has 0 spiro atoms. The van der Waals surface area contributed by atoms with Crippen LogP contribution in [0.1, 0.15) is 74.6 Å². The van der Waals surface area contributed by atoms with Gasteiger partial charge < -0.3 is 9.47 Å². The predicted molar refractivity (Wildman–Crippen MR) is 191 cm³/mol. The zero-order valence-corrected chi connectivity index (χ0v) is 28.7. The molecule has 0 N–H and O–H groups in total. The van der Waals surface area contributed by atoms with E-state index in [4.69, 9.17) is 16.0 Å². The summed E-state index contributed by atoms with van der Waals surface area (Å²) in [5, 5.41) is 9.57. The number of aryl methyl sites for hydroxylation is 2. The summed E-state index contributed by atoms with van der Waals surface area (Å²) in [5.74, 6) is -0.513. The molecule has 48 heavy (non-hydrogen) atoms. The third-order valence-electron chi connectivity index (χ3n) is 9.22. The quantitative estimate of drug-likeness (QED) is 0.102. The van der Waals surface area contributed by atoms with Crippen molar-refractivity contribution in [2.24, 2.45) is 11.8 Å². The molecule has 2 aliphatic carbocycles. The minimum Gasteiger partial charge on any atom is -0.425 e. The lowest BCUT2D eigenvalue weighted by Crippen LogP contribution is -2.23. The molecule has 0 fully saturated rings. The first-order valence-corrected chi connectivity index (χ1v) is 18.1. The first kappa shape index (κ1) is 33.4. The number of carbonyl (C=O) groups is 2. The summed E-state index contributed by atoms with van der Waals surface area (Å²) in [6, 6.07) is 22.4. The number of hydrogen-bond donors (Lipinski definition) is 0. The van der Waals surface area contributed by atoms with Crippen LogP contribution in [0.3, 0.4) is 0 Å². The first-order valence-electron chi connectivity index (χ1n) is 16.4. The topological polar surface area (TPSA) is 80.8 Å². The Bertz CT molecular complexity index is 1770. The number of thioether (sulfide) groups is 2. The number of nitriles is 1. The van der Waals surface area contributed by atoms with Crippen LogP contribution in [0.5, 0.6) is 11.5 Å². The molecule has 0 aromatic heterocycles. The lowest BCUT2D eigenvalue weighted by atomic mass is 9.86. The monoisotopic (exact) mass is 672 g/mol. The van der Waals surface area contributed by atoms with Crippen molar-refractivity contribution in [1.29, 1.82) is 5.26 Å². The van der Waals surface area contributed by atoms with Gasteiger partial charge in [0.1, 0.15) is 11.5 Å². The maximum absolute atomic E-state index is 13.4. The van der Waals surface area contributed by atoms with Crippen LogP contribution < -0.4 is 9.47 Å². The third-order valence-corrected chi connectivity index (χ3v) is 11.8. The standard InChI is InChI=1S/C40H36N2O4S2/c1-4-25-6-10-27(11-7-25)29-14-18-31(19-15-29)38(43)45-34-22-23-35(37-36(34)47-40(48-37)33(24-41)42-3)46-39(44)32-20-16-30(17-21-32)28-12-8-26(5-2)9-13-28/h6-14,16,22-23,31-32H,4-5,15,17-21H2,1-2H3. The highest BCUT2D eigenvalue weighted by Gasteiger charge is 2.33. The zero-order valence-electron chi connectivity index (χ0n) is 27.1. The van der Waals surface area contributed by atoms with Crippen molar-refractivity contribution >= 4 is 46.6 Å². The first-order chi connectivity index (χ1) is 23.4. The smallest absolute Gasteiger partial charge is 0.314 e. The van der Waals surface area contributed by atoms with Gasteiger partial charge in [-0.15, -0.1) is 0 Å². The minimum absolute atomic E-state index is 0.0513. The Morgan fingerprint density at radius 2 is 1.21 bits per heavy atom. The van der Waals surface area contributed by atoms with Crippen LogP contribution in [0.15, 0.2) is 92.5 Å². The molecule has 1 heterocycles. The number of benzene rings is 3. The number of fused-ring (bicyclic) bond motifs is 1. The van der Waals surface area contributed by atoms with Gasteiger partial charge >= 0.3 is 11.9 Å². The number of ether oxygens (including phenoxy) is 2.